The molecule has 116 valence electrons. The standard InChI is InChI=1S/C18H29N3/c1-3-5-7-9-11-16(10-8-6-4-2)17-12-13-18-19-15-20-21(18)14-17/h12-16H,3-11H2,1-2H3. The molecule has 1 unspecified atom stereocenters. The van der Waals surface area contributed by atoms with Crippen molar-refractivity contribution >= 4 is 5.65 Å². The van der Waals surface area contributed by atoms with Gasteiger partial charge in [0, 0.05) is 6.20 Å². The fourth-order valence-electron chi connectivity index (χ4n) is 3.01. The summed E-state index contributed by atoms with van der Waals surface area (Å²) in [4.78, 5) is 4.23. The maximum Gasteiger partial charge on any atom is 0.155 e. The van der Waals surface area contributed by atoms with E-state index in [4.69, 9.17) is 0 Å². The second-order valence-electron chi connectivity index (χ2n) is 6.07. The van der Waals surface area contributed by atoms with E-state index in [0.717, 1.165) is 5.65 Å². The first-order chi connectivity index (χ1) is 10.3. The minimum absolute atomic E-state index is 0.682. The minimum Gasteiger partial charge on any atom is -0.221 e. The van der Waals surface area contributed by atoms with Gasteiger partial charge < -0.3 is 0 Å². The number of hydrogen-bond donors (Lipinski definition) is 0. The van der Waals surface area contributed by atoms with Crippen LogP contribution in [0.3, 0.4) is 0 Å². The molecule has 3 heteroatoms. The van der Waals surface area contributed by atoms with Gasteiger partial charge in [0.15, 0.2) is 5.65 Å². The number of fused-ring (bicyclic) bond motifs is 1. The Morgan fingerprint density at radius 2 is 1.67 bits per heavy atom. The molecule has 0 aliphatic heterocycles. The average Bonchev–Trinajstić information content (AvgIpc) is 2.97. The van der Waals surface area contributed by atoms with Crippen LogP contribution in [-0.2, 0) is 0 Å². The molecule has 0 saturated heterocycles. The van der Waals surface area contributed by atoms with Crippen molar-refractivity contribution in [2.24, 2.45) is 0 Å². The number of pyridine rings is 1. The fourth-order valence-corrected chi connectivity index (χ4v) is 3.01. The van der Waals surface area contributed by atoms with Crippen molar-refractivity contribution in [2.75, 3.05) is 0 Å². The minimum atomic E-state index is 0.682. The molecule has 2 heterocycles. The Bertz CT molecular complexity index is 518. The Morgan fingerprint density at radius 1 is 0.952 bits per heavy atom. The molecule has 1 atom stereocenters. The largest absolute Gasteiger partial charge is 0.221 e. The van der Waals surface area contributed by atoms with Gasteiger partial charge in [-0.1, -0.05) is 64.9 Å². The van der Waals surface area contributed by atoms with Crippen LogP contribution in [0.4, 0.5) is 0 Å². The third-order valence-electron chi connectivity index (χ3n) is 4.33. The molecule has 0 aromatic carbocycles. The highest BCUT2D eigenvalue weighted by atomic mass is 15.3. The average molecular weight is 287 g/mol. The van der Waals surface area contributed by atoms with Crippen LogP contribution < -0.4 is 0 Å². The van der Waals surface area contributed by atoms with Gasteiger partial charge in [-0.05, 0) is 30.4 Å². The van der Waals surface area contributed by atoms with E-state index in [0.29, 0.717) is 5.92 Å². The van der Waals surface area contributed by atoms with Crippen molar-refractivity contribution in [1.82, 2.24) is 14.6 Å². The van der Waals surface area contributed by atoms with Gasteiger partial charge in [-0.25, -0.2) is 9.50 Å². The summed E-state index contributed by atoms with van der Waals surface area (Å²) >= 11 is 0. The molecule has 0 spiro atoms. The normalized spacial score (nSPS) is 12.9. The summed E-state index contributed by atoms with van der Waals surface area (Å²) in [5.74, 6) is 0.682. The zero-order chi connectivity index (χ0) is 14.9. The highest BCUT2D eigenvalue weighted by Gasteiger charge is 2.12. The molecule has 0 aliphatic rings. The summed E-state index contributed by atoms with van der Waals surface area (Å²) in [6.45, 7) is 4.55. The zero-order valence-corrected chi connectivity index (χ0v) is 13.6. The fraction of sp³-hybridized carbons (Fsp3) is 0.667. The van der Waals surface area contributed by atoms with E-state index >= 15 is 0 Å². The molecular formula is C18H29N3. The van der Waals surface area contributed by atoms with E-state index in [-0.39, 0.29) is 0 Å². The molecule has 0 aliphatic carbocycles. The first kappa shape index (κ1) is 16.0. The summed E-state index contributed by atoms with van der Waals surface area (Å²) in [6, 6.07) is 4.35. The van der Waals surface area contributed by atoms with Gasteiger partial charge >= 0.3 is 0 Å². The lowest BCUT2D eigenvalue weighted by Gasteiger charge is -2.17. The lowest BCUT2D eigenvalue weighted by atomic mass is 9.89. The zero-order valence-electron chi connectivity index (χ0n) is 13.6. The van der Waals surface area contributed by atoms with Crippen LogP contribution in [0.2, 0.25) is 0 Å². The van der Waals surface area contributed by atoms with Crippen molar-refractivity contribution in [1.29, 1.82) is 0 Å². The van der Waals surface area contributed by atoms with Gasteiger partial charge in [-0.3, -0.25) is 0 Å². The maximum absolute atomic E-state index is 4.27. The molecule has 2 aromatic rings. The molecule has 0 saturated carbocycles. The molecule has 2 rings (SSSR count). The van der Waals surface area contributed by atoms with Crippen molar-refractivity contribution in [3.63, 3.8) is 0 Å². The van der Waals surface area contributed by atoms with Gasteiger partial charge in [0.2, 0.25) is 0 Å². The van der Waals surface area contributed by atoms with Crippen molar-refractivity contribution in [3.05, 3.63) is 30.2 Å². The van der Waals surface area contributed by atoms with E-state index in [1.807, 2.05) is 4.52 Å². The van der Waals surface area contributed by atoms with Crippen LogP contribution in [0.1, 0.15) is 83.1 Å². The van der Waals surface area contributed by atoms with Crippen LogP contribution in [0, 0.1) is 0 Å². The number of rotatable bonds is 10. The van der Waals surface area contributed by atoms with Crippen LogP contribution in [0.5, 0.6) is 0 Å². The lowest BCUT2D eigenvalue weighted by Crippen LogP contribution is -2.02. The second-order valence-corrected chi connectivity index (χ2v) is 6.07. The number of aromatic nitrogens is 3. The summed E-state index contributed by atoms with van der Waals surface area (Å²) in [7, 11) is 0. The Balaban J connectivity index is 2.01. The third kappa shape index (κ3) is 4.83. The van der Waals surface area contributed by atoms with E-state index in [1.54, 1.807) is 6.33 Å². The second kappa shape index (κ2) is 8.81. The van der Waals surface area contributed by atoms with Crippen molar-refractivity contribution in [2.45, 2.75) is 77.6 Å². The molecule has 3 nitrogen and oxygen atoms in total. The number of nitrogens with zero attached hydrogens (tertiary/aromatic N) is 3. The third-order valence-corrected chi connectivity index (χ3v) is 4.33. The summed E-state index contributed by atoms with van der Waals surface area (Å²) < 4.78 is 1.91. The summed E-state index contributed by atoms with van der Waals surface area (Å²) in [5.41, 5.74) is 2.37. The monoisotopic (exact) mass is 287 g/mol. The van der Waals surface area contributed by atoms with Crippen LogP contribution in [0.15, 0.2) is 24.7 Å². The van der Waals surface area contributed by atoms with Crippen molar-refractivity contribution < 1.29 is 0 Å². The molecule has 21 heavy (non-hydrogen) atoms. The topological polar surface area (TPSA) is 30.2 Å². The molecule has 0 N–H and O–H groups in total. The van der Waals surface area contributed by atoms with E-state index in [9.17, 15) is 0 Å². The lowest BCUT2D eigenvalue weighted by molar-refractivity contribution is 0.499. The summed E-state index contributed by atoms with van der Waals surface area (Å²) in [6.07, 6.45) is 15.8. The summed E-state index contributed by atoms with van der Waals surface area (Å²) in [5, 5.41) is 4.27. The van der Waals surface area contributed by atoms with Gasteiger partial charge in [0.05, 0.1) is 0 Å². The van der Waals surface area contributed by atoms with E-state index in [1.165, 1.54) is 63.4 Å². The van der Waals surface area contributed by atoms with Crippen LogP contribution in [0.25, 0.3) is 5.65 Å². The van der Waals surface area contributed by atoms with E-state index in [2.05, 4.69) is 42.3 Å². The predicted octanol–water partition coefficient (Wildman–Crippen LogP) is 5.36. The Kier molecular flexibility index (Phi) is 6.71. The Morgan fingerprint density at radius 3 is 2.43 bits per heavy atom. The molecule has 0 fully saturated rings. The first-order valence-corrected chi connectivity index (χ1v) is 8.64. The maximum atomic E-state index is 4.27. The molecule has 0 radical (unpaired) electrons. The van der Waals surface area contributed by atoms with Crippen molar-refractivity contribution in [3.8, 4) is 0 Å². The van der Waals surface area contributed by atoms with Gasteiger partial charge in [0.1, 0.15) is 6.33 Å². The number of unbranched alkanes of at least 4 members (excludes halogenated alkanes) is 5. The van der Waals surface area contributed by atoms with E-state index < -0.39 is 0 Å². The van der Waals surface area contributed by atoms with Gasteiger partial charge in [-0.2, -0.15) is 5.10 Å². The molecule has 0 bridgehead atoms. The van der Waals surface area contributed by atoms with Gasteiger partial charge in [-0.15, -0.1) is 0 Å². The van der Waals surface area contributed by atoms with Crippen LogP contribution in [-0.4, -0.2) is 14.6 Å². The highest BCUT2D eigenvalue weighted by Crippen LogP contribution is 2.28. The van der Waals surface area contributed by atoms with Gasteiger partial charge in [0.25, 0.3) is 0 Å². The smallest absolute Gasteiger partial charge is 0.155 e. The predicted molar refractivity (Wildman–Crippen MR) is 88.6 cm³/mol. The molecular weight excluding hydrogens is 258 g/mol. The first-order valence-electron chi connectivity index (χ1n) is 8.64. The number of hydrogen-bond acceptors (Lipinski definition) is 2. The van der Waals surface area contributed by atoms with Crippen LogP contribution >= 0.6 is 0 Å². The highest BCUT2D eigenvalue weighted by molar-refractivity contribution is 5.38. The molecule has 0 amide bonds. The Hall–Kier alpha value is -1.38. The molecule has 2 aromatic heterocycles. The SMILES string of the molecule is CCCCCCC(CCCCC)c1ccc2ncnn2c1. The quantitative estimate of drug-likeness (QED) is 0.550. The Labute approximate surface area is 128 Å².